The van der Waals surface area contributed by atoms with Gasteiger partial charge in [0.05, 0.1) is 31.5 Å². The minimum Gasteiger partial charge on any atom is -0.477 e. The molecule has 2 saturated heterocycles. The Kier molecular flexibility index (Phi) is 9.50. The molecule has 39 heavy (non-hydrogen) atoms. The standard InChI is InChI=1S/C19H30N3O16P/c20-11-1-2-22(17(31)21-11)15-14(28)13(27)10(36-15)5-35-39(33,34)38-19(16(29)30)6-18(32,7-24)3-9(37-19)12(26)8(25)4-23/h1-2,8-10,12-15,23-28,32H,3-7H2,(H,29,30)(H,33,34)(H2,20,21,31)/t8-,9?,10?,12-,13?,14?,15?,18?,19?/m1/s1. The highest BCUT2D eigenvalue weighted by molar-refractivity contribution is 7.47. The second-order valence-corrected chi connectivity index (χ2v) is 10.5. The summed E-state index contributed by atoms with van der Waals surface area (Å²) in [6.45, 7) is -3.13. The van der Waals surface area contributed by atoms with Gasteiger partial charge in [-0.3, -0.25) is 9.09 Å². The first-order valence-corrected chi connectivity index (χ1v) is 12.8. The molecule has 1 aromatic rings. The van der Waals surface area contributed by atoms with E-state index in [2.05, 4.69) is 4.98 Å². The molecule has 0 aromatic carbocycles. The fourth-order valence-electron chi connectivity index (χ4n) is 4.19. The first-order valence-electron chi connectivity index (χ1n) is 11.3. The molecule has 2 fully saturated rings. The molecule has 10 atom stereocenters. The summed E-state index contributed by atoms with van der Waals surface area (Å²) in [5.41, 5.74) is 2.10. The monoisotopic (exact) mass is 587 g/mol. The Morgan fingerprint density at radius 1 is 1.31 bits per heavy atom. The van der Waals surface area contributed by atoms with Crippen LogP contribution < -0.4 is 11.4 Å². The number of nitrogens with two attached hydrogens (primary N) is 1. The minimum atomic E-state index is -5.50. The third kappa shape index (κ3) is 6.80. The van der Waals surface area contributed by atoms with E-state index in [-0.39, 0.29) is 5.82 Å². The van der Waals surface area contributed by atoms with Crippen LogP contribution in [0.4, 0.5) is 5.82 Å². The van der Waals surface area contributed by atoms with E-state index in [0.29, 0.717) is 0 Å². The molecule has 3 heterocycles. The van der Waals surface area contributed by atoms with Crippen LogP contribution in [0.2, 0.25) is 0 Å². The summed E-state index contributed by atoms with van der Waals surface area (Å²) in [7, 11) is -5.50. The number of nitrogen functional groups attached to an aromatic ring is 1. The Hall–Kier alpha value is -2.10. The fourth-order valence-corrected chi connectivity index (χ4v) is 5.14. The summed E-state index contributed by atoms with van der Waals surface area (Å²) in [4.78, 5) is 37.9. The van der Waals surface area contributed by atoms with Gasteiger partial charge in [-0.2, -0.15) is 4.98 Å². The van der Waals surface area contributed by atoms with Gasteiger partial charge in [0, 0.05) is 19.0 Å². The van der Waals surface area contributed by atoms with Gasteiger partial charge in [0.1, 0.15) is 36.3 Å². The number of phosphoric ester groups is 1. The van der Waals surface area contributed by atoms with Gasteiger partial charge in [-0.1, -0.05) is 0 Å². The van der Waals surface area contributed by atoms with Crippen molar-refractivity contribution < 1.29 is 73.6 Å². The number of hydrogen-bond donors (Lipinski definition) is 10. The molecule has 222 valence electrons. The molecule has 19 nitrogen and oxygen atoms in total. The highest BCUT2D eigenvalue weighted by atomic mass is 31.2. The van der Waals surface area contributed by atoms with Crippen molar-refractivity contribution >= 4 is 19.6 Å². The number of phosphoric acid groups is 1. The number of hydrogen-bond acceptors (Lipinski definition) is 16. The minimum absolute atomic E-state index is 0.131. The maximum atomic E-state index is 12.7. The Balaban J connectivity index is 1.77. The third-order valence-electron chi connectivity index (χ3n) is 6.19. The van der Waals surface area contributed by atoms with Crippen LogP contribution in [-0.4, -0.2) is 129 Å². The van der Waals surface area contributed by atoms with E-state index < -0.39 is 106 Å². The Labute approximate surface area is 218 Å². The molecular weight excluding hydrogens is 557 g/mol. The molecule has 8 unspecified atom stereocenters. The SMILES string of the molecule is Nc1ccn(C2OC(COP(=O)(O)OC3(C(=O)O)CC(O)(CO)CC([C@H](O)[C@H](O)CO)O3)C(O)C2O)c(=O)n1. The van der Waals surface area contributed by atoms with Gasteiger partial charge in [0.15, 0.2) is 6.23 Å². The van der Waals surface area contributed by atoms with Crippen molar-refractivity contribution in [1.82, 2.24) is 9.55 Å². The summed E-state index contributed by atoms with van der Waals surface area (Å²) in [6, 6.07) is 1.20. The largest absolute Gasteiger partial charge is 0.477 e. The van der Waals surface area contributed by atoms with Gasteiger partial charge >= 0.3 is 19.5 Å². The molecule has 11 N–H and O–H groups in total. The molecule has 1 aromatic heterocycles. The average molecular weight is 587 g/mol. The fraction of sp³-hybridized carbons (Fsp3) is 0.737. The topological polar surface area (TPSA) is 314 Å². The highest BCUT2D eigenvalue weighted by Gasteiger charge is 2.59. The molecule has 0 amide bonds. The number of aliphatic carboxylic acids is 1. The zero-order valence-corrected chi connectivity index (χ0v) is 20.9. The quantitative estimate of drug-likeness (QED) is 0.108. The van der Waals surface area contributed by atoms with E-state index in [1.807, 2.05) is 0 Å². The van der Waals surface area contributed by atoms with Gasteiger partial charge < -0.3 is 61.0 Å². The van der Waals surface area contributed by atoms with Gasteiger partial charge in [-0.25, -0.2) is 18.7 Å². The number of ether oxygens (including phenoxy) is 2. The van der Waals surface area contributed by atoms with Crippen LogP contribution in [0.25, 0.3) is 0 Å². The maximum Gasteiger partial charge on any atom is 0.475 e. The van der Waals surface area contributed by atoms with Gasteiger partial charge in [-0.05, 0) is 6.07 Å². The Bertz CT molecular complexity index is 1140. The first-order chi connectivity index (χ1) is 18.1. The van der Waals surface area contributed by atoms with Gasteiger partial charge in [0.2, 0.25) is 0 Å². The number of anilines is 1. The second kappa shape index (κ2) is 11.8. The van der Waals surface area contributed by atoms with Crippen molar-refractivity contribution in [3.05, 3.63) is 22.7 Å². The number of aliphatic hydroxyl groups excluding tert-OH is 6. The van der Waals surface area contributed by atoms with Crippen LogP contribution in [0.5, 0.6) is 0 Å². The number of carbonyl (C=O) groups is 1. The van der Waals surface area contributed by atoms with E-state index in [4.69, 9.17) is 29.4 Å². The lowest BCUT2D eigenvalue weighted by Crippen LogP contribution is -2.62. The Morgan fingerprint density at radius 3 is 2.54 bits per heavy atom. The van der Waals surface area contributed by atoms with E-state index in [9.17, 15) is 54.8 Å². The number of carboxylic acid groups (broad SMARTS) is 1. The molecule has 2 aliphatic heterocycles. The van der Waals surface area contributed by atoms with E-state index in [1.54, 1.807) is 0 Å². The lowest BCUT2D eigenvalue weighted by molar-refractivity contribution is -0.301. The van der Waals surface area contributed by atoms with Crippen molar-refractivity contribution in [1.29, 1.82) is 0 Å². The molecule has 0 bridgehead atoms. The van der Waals surface area contributed by atoms with Crippen LogP contribution in [0.3, 0.4) is 0 Å². The smallest absolute Gasteiger partial charge is 0.475 e. The summed E-state index contributed by atoms with van der Waals surface area (Å²) in [6.07, 6.45) is -13.0. The van der Waals surface area contributed by atoms with Gasteiger partial charge in [-0.15, -0.1) is 0 Å². The van der Waals surface area contributed by atoms with Crippen LogP contribution in [0, 0.1) is 0 Å². The lowest BCUT2D eigenvalue weighted by Gasteiger charge is -2.46. The highest BCUT2D eigenvalue weighted by Crippen LogP contribution is 2.52. The lowest BCUT2D eigenvalue weighted by atomic mass is 9.83. The van der Waals surface area contributed by atoms with E-state index in [0.717, 1.165) is 10.8 Å². The molecule has 3 rings (SSSR count). The third-order valence-corrected chi connectivity index (χ3v) is 7.20. The molecule has 0 spiro atoms. The van der Waals surface area contributed by atoms with Crippen molar-refractivity contribution in [2.45, 2.75) is 67.1 Å². The molecule has 0 saturated carbocycles. The summed E-state index contributed by atoms with van der Waals surface area (Å²) >= 11 is 0. The predicted molar refractivity (Wildman–Crippen MR) is 121 cm³/mol. The zero-order valence-electron chi connectivity index (χ0n) is 20.0. The number of carboxylic acids is 1. The van der Waals surface area contributed by atoms with Crippen molar-refractivity contribution in [2.75, 3.05) is 25.6 Å². The molecular formula is C19H30N3O16P. The first kappa shape index (κ1) is 31.4. The summed E-state index contributed by atoms with van der Waals surface area (Å²) < 4.78 is 33.5. The van der Waals surface area contributed by atoms with E-state index in [1.165, 1.54) is 6.07 Å². The Morgan fingerprint density at radius 2 is 1.97 bits per heavy atom. The van der Waals surface area contributed by atoms with Crippen molar-refractivity contribution in [3.63, 3.8) is 0 Å². The van der Waals surface area contributed by atoms with Crippen LogP contribution in [0.1, 0.15) is 19.1 Å². The van der Waals surface area contributed by atoms with Crippen LogP contribution >= 0.6 is 7.82 Å². The average Bonchev–Trinajstić information content (AvgIpc) is 3.14. The summed E-state index contributed by atoms with van der Waals surface area (Å²) in [5.74, 6) is -5.44. The maximum absolute atomic E-state index is 12.7. The number of aliphatic hydroxyl groups is 7. The number of nitrogens with zero attached hydrogens (tertiary/aromatic N) is 2. The van der Waals surface area contributed by atoms with Gasteiger partial charge in [0.25, 0.3) is 5.79 Å². The second-order valence-electron chi connectivity index (χ2n) is 9.16. The van der Waals surface area contributed by atoms with Crippen molar-refractivity contribution in [3.8, 4) is 0 Å². The molecule has 2 aliphatic rings. The number of aromatic nitrogens is 2. The molecule has 0 aliphatic carbocycles. The normalized spacial score (nSPS) is 36.3. The van der Waals surface area contributed by atoms with Crippen molar-refractivity contribution in [2.24, 2.45) is 0 Å². The summed E-state index contributed by atoms with van der Waals surface area (Å²) in [5, 5.41) is 79.5. The molecule has 20 heteroatoms. The van der Waals surface area contributed by atoms with E-state index >= 15 is 0 Å². The van der Waals surface area contributed by atoms with Crippen LogP contribution in [0.15, 0.2) is 17.1 Å². The molecule has 0 radical (unpaired) electrons. The van der Waals surface area contributed by atoms with Crippen LogP contribution in [-0.2, 0) is 27.9 Å². The number of rotatable bonds is 11. The predicted octanol–water partition coefficient (Wildman–Crippen LogP) is -5.02. The zero-order chi connectivity index (χ0) is 29.3.